The van der Waals surface area contributed by atoms with Crippen molar-refractivity contribution in [3.05, 3.63) is 88.4 Å². The lowest BCUT2D eigenvalue weighted by Gasteiger charge is -2.32. The van der Waals surface area contributed by atoms with Crippen molar-refractivity contribution in [2.45, 2.75) is 37.5 Å². The Kier molecular flexibility index (Phi) is 9.93. The number of methoxy groups -OCH3 is 1. The zero-order valence-corrected chi connectivity index (χ0v) is 24.3. The van der Waals surface area contributed by atoms with E-state index in [0.717, 1.165) is 22.6 Å². The SMILES string of the molecule is CNC(=O)[C@@H](C)N(Cc1cccc(OC)c1)C(=O)CN(c1ccc(Cl)c(C(F)(F)F)c1)S(=O)(=O)c1ccc(C)cc1. The van der Waals surface area contributed by atoms with E-state index in [2.05, 4.69) is 5.32 Å². The fourth-order valence-corrected chi connectivity index (χ4v) is 5.64. The number of benzene rings is 3. The van der Waals surface area contributed by atoms with Gasteiger partial charge in [0, 0.05) is 13.6 Å². The molecule has 0 bridgehead atoms. The van der Waals surface area contributed by atoms with Gasteiger partial charge in [0.1, 0.15) is 18.3 Å². The molecule has 0 unspecified atom stereocenters. The third-order valence-corrected chi connectivity index (χ3v) is 8.45. The van der Waals surface area contributed by atoms with E-state index < -0.39 is 56.9 Å². The van der Waals surface area contributed by atoms with Crippen LogP contribution in [-0.4, -0.2) is 51.9 Å². The van der Waals surface area contributed by atoms with E-state index in [1.807, 2.05) is 0 Å². The third-order valence-electron chi connectivity index (χ3n) is 6.33. The van der Waals surface area contributed by atoms with Crippen LogP contribution < -0.4 is 14.4 Å². The molecule has 3 aromatic carbocycles. The van der Waals surface area contributed by atoms with Crippen LogP contribution >= 0.6 is 11.6 Å². The standard InChI is InChI=1S/C28H29ClF3N3O5S/c1-18-8-11-23(12-9-18)41(38,39)35(21-10-13-25(29)24(15-21)28(30,31)32)17-26(36)34(19(2)27(37)33-3)16-20-6-5-7-22(14-20)40-4/h5-15,19H,16-17H2,1-4H3,(H,33,37)/t19-/m1/s1. The molecule has 13 heteroatoms. The van der Waals surface area contributed by atoms with Crippen molar-refractivity contribution >= 4 is 39.1 Å². The normalized spacial score (nSPS) is 12.4. The highest BCUT2D eigenvalue weighted by atomic mass is 35.5. The summed E-state index contributed by atoms with van der Waals surface area (Å²) in [6, 6.07) is 13.9. The summed E-state index contributed by atoms with van der Waals surface area (Å²) in [4.78, 5) is 27.3. The maximum atomic E-state index is 13.8. The van der Waals surface area contributed by atoms with Crippen molar-refractivity contribution in [2.24, 2.45) is 0 Å². The molecule has 0 radical (unpaired) electrons. The van der Waals surface area contributed by atoms with E-state index in [0.29, 0.717) is 21.7 Å². The topological polar surface area (TPSA) is 96.0 Å². The minimum absolute atomic E-state index is 0.114. The molecular weight excluding hydrogens is 583 g/mol. The molecule has 0 fully saturated rings. The molecule has 0 aliphatic rings. The van der Waals surface area contributed by atoms with Gasteiger partial charge in [-0.15, -0.1) is 0 Å². The maximum absolute atomic E-state index is 13.8. The number of carbonyl (C=O) groups is 2. The molecule has 3 aromatic rings. The number of hydrogen-bond acceptors (Lipinski definition) is 5. The molecule has 0 heterocycles. The zero-order chi connectivity index (χ0) is 30.5. The maximum Gasteiger partial charge on any atom is 0.417 e. The molecule has 8 nitrogen and oxygen atoms in total. The highest BCUT2D eigenvalue weighted by molar-refractivity contribution is 7.92. The second-order valence-electron chi connectivity index (χ2n) is 9.15. The Bertz CT molecular complexity index is 1520. The Morgan fingerprint density at radius 2 is 1.71 bits per heavy atom. The van der Waals surface area contributed by atoms with Crippen molar-refractivity contribution in [3.8, 4) is 5.75 Å². The predicted molar refractivity (Wildman–Crippen MR) is 149 cm³/mol. The Labute approximate surface area is 241 Å². The molecule has 0 saturated heterocycles. The Morgan fingerprint density at radius 3 is 2.29 bits per heavy atom. The van der Waals surface area contributed by atoms with E-state index in [4.69, 9.17) is 16.3 Å². The van der Waals surface area contributed by atoms with Crippen LogP contribution in [0, 0.1) is 6.92 Å². The molecule has 1 N–H and O–H groups in total. The van der Waals surface area contributed by atoms with Crippen LogP contribution in [-0.2, 0) is 32.3 Å². The van der Waals surface area contributed by atoms with E-state index >= 15 is 0 Å². The fourth-order valence-electron chi connectivity index (χ4n) is 4.01. The molecule has 0 aliphatic carbocycles. The fraction of sp³-hybridized carbons (Fsp3) is 0.286. The lowest BCUT2D eigenvalue weighted by atomic mass is 10.1. The lowest BCUT2D eigenvalue weighted by molar-refractivity contribution is -0.139. The van der Waals surface area contributed by atoms with Crippen molar-refractivity contribution in [1.29, 1.82) is 0 Å². The van der Waals surface area contributed by atoms with E-state index in [9.17, 15) is 31.2 Å². The summed E-state index contributed by atoms with van der Waals surface area (Å²) in [6.07, 6.45) is -4.89. The number of rotatable bonds is 10. The van der Waals surface area contributed by atoms with Crippen molar-refractivity contribution in [3.63, 3.8) is 0 Å². The van der Waals surface area contributed by atoms with Gasteiger partial charge in [0.05, 0.1) is 28.3 Å². The number of sulfonamides is 1. The van der Waals surface area contributed by atoms with Gasteiger partial charge in [0.25, 0.3) is 10.0 Å². The number of aryl methyl sites for hydroxylation is 1. The van der Waals surface area contributed by atoms with Crippen molar-refractivity contribution in [1.82, 2.24) is 10.2 Å². The second kappa shape index (κ2) is 12.8. The Hall–Kier alpha value is -3.77. The number of anilines is 1. The number of nitrogens with zero attached hydrogens (tertiary/aromatic N) is 2. The van der Waals surface area contributed by atoms with Gasteiger partial charge in [0.2, 0.25) is 11.8 Å². The molecule has 220 valence electrons. The number of amides is 2. The summed E-state index contributed by atoms with van der Waals surface area (Å²) < 4.78 is 74.5. The molecule has 2 amide bonds. The first-order valence-corrected chi connectivity index (χ1v) is 14.1. The monoisotopic (exact) mass is 611 g/mol. The first-order valence-electron chi connectivity index (χ1n) is 12.3. The summed E-state index contributed by atoms with van der Waals surface area (Å²) in [6.45, 7) is 2.18. The average molecular weight is 612 g/mol. The van der Waals surface area contributed by atoms with Gasteiger partial charge in [-0.2, -0.15) is 13.2 Å². The number of alkyl halides is 3. The first-order chi connectivity index (χ1) is 19.2. The number of carbonyl (C=O) groups excluding carboxylic acids is 2. The van der Waals surface area contributed by atoms with Crippen LogP contribution in [0.3, 0.4) is 0 Å². The number of halogens is 4. The van der Waals surface area contributed by atoms with Crippen LogP contribution in [0.5, 0.6) is 5.75 Å². The van der Waals surface area contributed by atoms with E-state index in [1.165, 1.54) is 45.3 Å². The van der Waals surface area contributed by atoms with Crippen molar-refractivity contribution < 1.29 is 35.9 Å². The summed E-state index contributed by atoms with van der Waals surface area (Å²) in [5, 5.41) is 1.82. The second-order valence-corrected chi connectivity index (χ2v) is 11.4. The molecule has 41 heavy (non-hydrogen) atoms. The number of ether oxygens (including phenoxy) is 1. The number of hydrogen-bond donors (Lipinski definition) is 1. The van der Waals surface area contributed by atoms with Crippen LogP contribution in [0.1, 0.15) is 23.6 Å². The van der Waals surface area contributed by atoms with Gasteiger partial charge >= 0.3 is 6.18 Å². The summed E-state index contributed by atoms with van der Waals surface area (Å²) >= 11 is 5.78. The molecule has 0 aliphatic heterocycles. The smallest absolute Gasteiger partial charge is 0.417 e. The van der Waals surface area contributed by atoms with Gasteiger partial charge in [-0.25, -0.2) is 8.42 Å². The predicted octanol–water partition coefficient (Wildman–Crippen LogP) is 5.03. The number of nitrogens with one attached hydrogen (secondary N) is 1. The van der Waals surface area contributed by atoms with E-state index in [1.54, 1.807) is 31.2 Å². The third kappa shape index (κ3) is 7.50. The molecule has 0 saturated carbocycles. The van der Waals surface area contributed by atoms with Gasteiger partial charge in [-0.05, 0) is 61.9 Å². The summed E-state index contributed by atoms with van der Waals surface area (Å²) in [5.41, 5.74) is -0.363. The van der Waals surface area contributed by atoms with Gasteiger partial charge in [-0.3, -0.25) is 13.9 Å². The van der Waals surface area contributed by atoms with E-state index in [-0.39, 0.29) is 11.4 Å². The highest BCUT2D eigenvalue weighted by Gasteiger charge is 2.37. The summed E-state index contributed by atoms with van der Waals surface area (Å²) in [5.74, 6) is -0.866. The molecular formula is C28H29ClF3N3O5S. The Morgan fingerprint density at radius 1 is 1.05 bits per heavy atom. The lowest BCUT2D eigenvalue weighted by Crippen LogP contribution is -2.50. The average Bonchev–Trinajstić information content (AvgIpc) is 2.93. The Balaban J connectivity index is 2.13. The van der Waals surface area contributed by atoms with Gasteiger partial charge in [0.15, 0.2) is 0 Å². The number of likely N-dealkylation sites (N-methyl/N-ethyl adjacent to an activating group) is 1. The summed E-state index contributed by atoms with van der Waals surface area (Å²) in [7, 11) is -1.71. The van der Waals surface area contributed by atoms with Gasteiger partial charge < -0.3 is 15.0 Å². The van der Waals surface area contributed by atoms with Crippen LogP contribution in [0.25, 0.3) is 0 Å². The molecule has 3 rings (SSSR count). The van der Waals surface area contributed by atoms with Gasteiger partial charge in [-0.1, -0.05) is 41.4 Å². The first kappa shape index (κ1) is 31.8. The highest BCUT2D eigenvalue weighted by Crippen LogP contribution is 2.38. The van der Waals surface area contributed by atoms with Crippen LogP contribution in [0.4, 0.5) is 18.9 Å². The molecule has 0 spiro atoms. The zero-order valence-electron chi connectivity index (χ0n) is 22.7. The van der Waals surface area contributed by atoms with Crippen LogP contribution in [0.2, 0.25) is 5.02 Å². The quantitative estimate of drug-likeness (QED) is 0.347. The molecule has 1 atom stereocenters. The minimum atomic E-state index is -4.89. The van der Waals surface area contributed by atoms with Crippen LogP contribution in [0.15, 0.2) is 71.6 Å². The van der Waals surface area contributed by atoms with Crippen molar-refractivity contribution in [2.75, 3.05) is 25.0 Å². The molecule has 0 aromatic heterocycles. The largest absolute Gasteiger partial charge is 0.497 e. The minimum Gasteiger partial charge on any atom is -0.497 e.